The zero-order valence-electron chi connectivity index (χ0n) is 10.5. The van der Waals surface area contributed by atoms with Gasteiger partial charge in [-0.05, 0) is 31.2 Å². The number of hydrogen-bond acceptors (Lipinski definition) is 1. The Labute approximate surface area is 89.9 Å². The summed E-state index contributed by atoms with van der Waals surface area (Å²) < 4.78 is 0. The van der Waals surface area contributed by atoms with Crippen LogP contribution in [0.4, 0.5) is 0 Å². The van der Waals surface area contributed by atoms with Crippen LogP contribution >= 0.6 is 0 Å². The molecule has 0 aromatic carbocycles. The highest BCUT2D eigenvalue weighted by atomic mass is 15.2. The molecule has 0 aromatic heterocycles. The molecular weight excluding hydrogens is 170 g/mol. The second-order valence-corrected chi connectivity index (χ2v) is 5.21. The quantitative estimate of drug-likeness (QED) is 0.574. The molecule has 14 heavy (non-hydrogen) atoms. The van der Waals surface area contributed by atoms with E-state index in [0.29, 0.717) is 0 Å². The molecule has 0 bridgehead atoms. The molecule has 84 valence electrons. The van der Waals surface area contributed by atoms with Crippen molar-refractivity contribution in [2.24, 2.45) is 11.3 Å². The molecule has 0 N–H and O–H groups in total. The summed E-state index contributed by atoms with van der Waals surface area (Å²) in [5.74, 6) is 0.996. The molecule has 1 atom stereocenters. The summed E-state index contributed by atoms with van der Waals surface area (Å²) in [5, 5.41) is 0. The van der Waals surface area contributed by atoms with Gasteiger partial charge >= 0.3 is 0 Å². The minimum absolute atomic E-state index is 0.763. The Hall–Kier alpha value is -0.0400. The molecule has 1 nitrogen and oxygen atoms in total. The third kappa shape index (κ3) is 2.73. The fraction of sp³-hybridized carbons (Fsp3) is 1.00. The predicted molar refractivity (Wildman–Crippen MR) is 63.5 cm³/mol. The lowest BCUT2D eigenvalue weighted by Crippen LogP contribution is -2.53. The van der Waals surface area contributed by atoms with E-state index in [1.54, 1.807) is 0 Å². The van der Waals surface area contributed by atoms with E-state index in [1.165, 1.54) is 45.2 Å². The molecule has 1 saturated heterocycles. The molecule has 1 aliphatic heterocycles. The first-order chi connectivity index (χ1) is 6.70. The lowest BCUT2D eigenvalue weighted by atomic mass is 9.74. The smallest absolute Gasteiger partial charge is 0.00474 e. The fourth-order valence-electron chi connectivity index (χ4n) is 3.06. The average Bonchev–Trinajstić information content (AvgIpc) is 2.32. The van der Waals surface area contributed by atoms with E-state index in [0.717, 1.165) is 11.3 Å². The summed E-state index contributed by atoms with van der Waals surface area (Å²) in [5.41, 5.74) is 0.763. The third-order valence-corrected chi connectivity index (χ3v) is 3.78. The summed E-state index contributed by atoms with van der Waals surface area (Å²) >= 11 is 0. The van der Waals surface area contributed by atoms with Crippen LogP contribution < -0.4 is 0 Å². The molecule has 0 radical (unpaired) electrons. The van der Waals surface area contributed by atoms with Crippen LogP contribution in [0.25, 0.3) is 0 Å². The fourth-order valence-corrected chi connectivity index (χ4v) is 3.06. The van der Waals surface area contributed by atoms with Gasteiger partial charge < -0.3 is 4.90 Å². The normalized spacial score (nSPS) is 31.3. The standard InChI is InChI=1S/C11H21N.C2H6/c1-10-4-3-6-11(7-5-10)8-12(2)9-11;1-2/h10H,3-9H2,1-2H3;1-2H3. The molecule has 1 saturated carbocycles. The third-order valence-electron chi connectivity index (χ3n) is 3.78. The number of likely N-dealkylation sites (tertiary alicyclic amines) is 1. The monoisotopic (exact) mass is 197 g/mol. The lowest BCUT2D eigenvalue weighted by molar-refractivity contribution is 0.00814. The largest absolute Gasteiger partial charge is 0.305 e. The Morgan fingerprint density at radius 1 is 1.07 bits per heavy atom. The van der Waals surface area contributed by atoms with E-state index in [1.807, 2.05) is 13.8 Å². The lowest BCUT2D eigenvalue weighted by Gasteiger charge is -2.48. The van der Waals surface area contributed by atoms with Gasteiger partial charge in [-0.3, -0.25) is 0 Å². The molecule has 0 amide bonds. The molecule has 1 heterocycles. The minimum Gasteiger partial charge on any atom is -0.305 e. The van der Waals surface area contributed by atoms with Gasteiger partial charge in [0, 0.05) is 13.1 Å². The maximum Gasteiger partial charge on any atom is 0.00474 e. The molecule has 1 unspecified atom stereocenters. The molecule has 2 rings (SSSR count). The maximum atomic E-state index is 2.47. The van der Waals surface area contributed by atoms with Gasteiger partial charge in [-0.1, -0.05) is 40.0 Å². The topological polar surface area (TPSA) is 3.24 Å². The summed E-state index contributed by atoms with van der Waals surface area (Å²) in [6, 6.07) is 0. The van der Waals surface area contributed by atoms with E-state index in [2.05, 4.69) is 18.9 Å². The van der Waals surface area contributed by atoms with Crippen LogP contribution in [-0.4, -0.2) is 25.0 Å². The molecule has 1 heteroatoms. The van der Waals surface area contributed by atoms with E-state index < -0.39 is 0 Å². The van der Waals surface area contributed by atoms with Crippen molar-refractivity contribution in [3.63, 3.8) is 0 Å². The van der Waals surface area contributed by atoms with Gasteiger partial charge in [0.25, 0.3) is 0 Å². The minimum atomic E-state index is 0.763. The number of rotatable bonds is 0. The number of hydrogen-bond donors (Lipinski definition) is 0. The second-order valence-electron chi connectivity index (χ2n) is 5.21. The number of nitrogens with zero attached hydrogens (tertiary/aromatic N) is 1. The van der Waals surface area contributed by atoms with Crippen molar-refractivity contribution < 1.29 is 0 Å². The van der Waals surface area contributed by atoms with Gasteiger partial charge in [-0.25, -0.2) is 0 Å². The van der Waals surface area contributed by atoms with Crippen molar-refractivity contribution in [2.45, 2.75) is 52.9 Å². The zero-order chi connectivity index (χ0) is 10.6. The summed E-state index contributed by atoms with van der Waals surface area (Å²) in [6.45, 7) is 9.17. The van der Waals surface area contributed by atoms with E-state index in [4.69, 9.17) is 0 Å². The van der Waals surface area contributed by atoms with Crippen LogP contribution in [0.2, 0.25) is 0 Å². The van der Waals surface area contributed by atoms with Crippen molar-refractivity contribution in [3.05, 3.63) is 0 Å². The Morgan fingerprint density at radius 2 is 1.71 bits per heavy atom. The van der Waals surface area contributed by atoms with E-state index in [9.17, 15) is 0 Å². The van der Waals surface area contributed by atoms with Crippen LogP contribution in [0, 0.1) is 11.3 Å². The highest BCUT2D eigenvalue weighted by Crippen LogP contribution is 2.43. The summed E-state index contributed by atoms with van der Waals surface area (Å²) in [7, 11) is 2.25. The summed E-state index contributed by atoms with van der Waals surface area (Å²) in [4.78, 5) is 2.47. The first-order valence-electron chi connectivity index (χ1n) is 6.39. The van der Waals surface area contributed by atoms with Gasteiger partial charge in [0.2, 0.25) is 0 Å². The van der Waals surface area contributed by atoms with Crippen LogP contribution in [0.5, 0.6) is 0 Å². The first kappa shape index (κ1) is 12.0. The molecule has 1 spiro atoms. The zero-order valence-corrected chi connectivity index (χ0v) is 10.5. The molecular formula is C13H27N. The first-order valence-corrected chi connectivity index (χ1v) is 6.39. The van der Waals surface area contributed by atoms with Crippen molar-refractivity contribution in [3.8, 4) is 0 Å². The SMILES string of the molecule is CC.CC1CCCC2(CC1)CN(C)C2. The van der Waals surface area contributed by atoms with Gasteiger partial charge in [0.05, 0.1) is 0 Å². The highest BCUT2D eigenvalue weighted by molar-refractivity contribution is 4.94. The van der Waals surface area contributed by atoms with E-state index >= 15 is 0 Å². The maximum absolute atomic E-state index is 2.47. The molecule has 2 aliphatic rings. The average molecular weight is 197 g/mol. The Bertz CT molecular complexity index is 159. The Morgan fingerprint density at radius 3 is 2.29 bits per heavy atom. The van der Waals surface area contributed by atoms with Gasteiger partial charge in [-0.15, -0.1) is 0 Å². The second kappa shape index (κ2) is 5.16. The van der Waals surface area contributed by atoms with Crippen molar-refractivity contribution >= 4 is 0 Å². The Balaban J connectivity index is 0.000000461. The predicted octanol–water partition coefficient (Wildman–Crippen LogP) is 3.54. The molecule has 1 aliphatic carbocycles. The van der Waals surface area contributed by atoms with Crippen molar-refractivity contribution in [1.29, 1.82) is 0 Å². The summed E-state index contributed by atoms with van der Waals surface area (Å²) in [6.07, 6.45) is 7.44. The van der Waals surface area contributed by atoms with Crippen LogP contribution in [0.3, 0.4) is 0 Å². The van der Waals surface area contributed by atoms with Crippen LogP contribution in [0.15, 0.2) is 0 Å². The van der Waals surface area contributed by atoms with Crippen molar-refractivity contribution in [2.75, 3.05) is 20.1 Å². The van der Waals surface area contributed by atoms with Crippen molar-refractivity contribution in [1.82, 2.24) is 4.90 Å². The van der Waals surface area contributed by atoms with Gasteiger partial charge in [0.15, 0.2) is 0 Å². The highest BCUT2D eigenvalue weighted by Gasteiger charge is 2.41. The van der Waals surface area contributed by atoms with E-state index in [-0.39, 0.29) is 0 Å². The Kier molecular flexibility index (Phi) is 4.43. The molecule has 2 fully saturated rings. The van der Waals surface area contributed by atoms with Gasteiger partial charge in [-0.2, -0.15) is 0 Å². The van der Waals surface area contributed by atoms with Crippen LogP contribution in [0.1, 0.15) is 52.9 Å². The van der Waals surface area contributed by atoms with Gasteiger partial charge in [0.1, 0.15) is 0 Å². The van der Waals surface area contributed by atoms with Crippen LogP contribution in [-0.2, 0) is 0 Å². The molecule has 0 aromatic rings.